The highest BCUT2D eigenvalue weighted by molar-refractivity contribution is 5.77. The van der Waals surface area contributed by atoms with Crippen LogP contribution >= 0.6 is 0 Å². The molecule has 1 aromatic rings. The van der Waals surface area contributed by atoms with Crippen molar-refractivity contribution >= 4 is 5.91 Å². The zero-order valence-corrected chi connectivity index (χ0v) is 14.7. The van der Waals surface area contributed by atoms with E-state index in [-0.39, 0.29) is 11.8 Å². The van der Waals surface area contributed by atoms with Gasteiger partial charge in [0.2, 0.25) is 5.91 Å². The molecule has 0 radical (unpaired) electrons. The van der Waals surface area contributed by atoms with E-state index in [1.807, 2.05) is 30.1 Å². The van der Waals surface area contributed by atoms with E-state index in [2.05, 4.69) is 13.0 Å². The van der Waals surface area contributed by atoms with Crippen LogP contribution < -0.4 is 4.74 Å². The lowest BCUT2D eigenvalue weighted by Gasteiger charge is -2.34. The molecule has 4 nitrogen and oxygen atoms in total. The molecule has 23 heavy (non-hydrogen) atoms. The number of amides is 1. The van der Waals surface area contributed by atoms with E-state index in [1.165, 1.54) is 0 Å². The summed E-state index contributed by atoms with van der Waals surface area (Å²) in [6.45, 7) is 2.10. The molecule has 1 saturated carbocycles. The first-order valence-electron chi connectivity index (χ1n) is 8.47. The van der Waals surface area contributed by atoms with E-state index in [4.69, 9.17) is 9.47 Å². The molecular weight excluding hydrogens is 290 g/mol. The van der Waals surface area contributed by atoms with E-state index in [0.29, 0.717) is 18.6 Å². The van der Waals surface area contributed by atoms with Crippen LogP contribution in [-0.2, 0) is 9.53 Å². The van der Waals surface area contributed by atoms with Gasteiger partial charge in [0.1, 0.15) is 5.75 Å². The van der Waals surface area contributed by atoms with E-state index >= 15 is 0 Å². The van der Waals surface area contributed by atoms with Crippen LogP contribution in [0.15, 0.2) is 24.3 Å². The number of methoxy groups -OCH3 is 2. The Morgan fingerprint density at radius 1 is 1.26 bits per heavy atom. The Morgan fingerprint density at radius 3 is 2.57 bits per heavy atom. The van der Waals surface area contributed by atoms with Crippen LogP contribution in [0, 0.1) is 0 Å². The maximum absolute atomic E-state index is 12.6. The number of benzene rings is 1. The number of nitrogens with zero attached hydrogens (tertiary/aromatic N) is 1. The topological polar surface area (TPSA) is 38.8 Å². The SMILES string of the molecule is COc1cccc([C@@H](C)CC(=O)N(C)C2CCC(OC)CC2)c1. The Morgan fingerprint density at radius 2 is 1.96 bits per heavy atom. The van der Waals surface area contributed by atoms with Gasteiger partial charge in [-0.1, -0.05) is 19.1 Å². The monoisotopic (exact) mass is 319 g/mol. The summed E-state index contributed by atoms with van der Waals surface area (Å²) in [6, 6.07) is 8.33. The molecule has 1 aromatic carbocycles. The van der Waals surface area contributed by atoms with Crippen LogP contribution in [0.5, 0.6) is 5.75 Å². The van der Waals surface area contributed by atoms with Crippen molar-refractivity contribution in [3.8, 4) is 5.75 Å². The Labute approximate surface area is 139 Å². The van der Waals surface area contributed by atoms with Gasteiger partial charge in [-0.25, -0.2) is 0 Å². The average molecular weight is 319 g/mol. The summed E-state index contributed by atoms with van der Waals surface area (Å²) in [5.41, 5.74) is 1.15. The molecule has 0 aliphatic heterocycles. The fourth-order valence-corrected chi connectivity index (χ4v) is 3.34. The predicted octanol–water partition coefficient (Wildman–Crippen LogP) is 3.60. The molecule has 0 bridgehead atoms. The van der Waals surface area contributed by atoms with E-state index in [1.54, 1.807) is 14.2 Å². The molecule has 2 rings (SSSR count). The third-order valence-electron chi connectivity index (χ3n) is 5.06. The highest BCUT2D eigenvalue weighted by Gasteiger charge is 2.27. The van der Waals surface area contributed by atoms with Gasteiger partial charge >= 0.3 is 0 Å². The standard InChI is InChI=1S/C19H29NO3/c1-14(15-6-5-7-18(13-15)23-4)12-19(21)20(2)16-8-10-17(22-3)11-9-16/h5-7,13-14,16-17H,8-12H2,1-4H3/t14-,16?,17?/m0/s1. The molecule has 128 valence electrons. The summed E-state index contributed by atoms with van der Waals surface area (Å²) in [5.74, 6) is 1.25. The maximum atomic E-state index is 12.6. The normalized spacial score (nSPS) is 22.4. The van der Waals surface area contributed by atoms with Crippen LogP contribution in [0.4, 0.5) is 0 Å². The maximum Gasteiger partial charge on any atom is 0.223 e. The van der Waals surface area contributed by atoms with E-state index < -0.39 is 0 Å². The van der Waals surface area contributed by atoms with Gasteiger partial charge in [-0.2, -0.15) is 0 Å². The minimum absolute atomic E-state index is 0.190. The molecule has 1 fully saturated rings. The molecule has 0 aromatic heterocycles. The molecule has 1 aliphatic carbocycles. The molecule has 0 spiro atoms. The van der Waals surface area contributed by atoms with Gasteiger partial charge in [0, 0.05) is 26.6 Å². The smallest absolute Gasteiger partial charge is 0.223 e. The minimum atomic E-state index is 0.190. The quantitative estimate of drug-likeness (QED) is 0.804. The van der Waals surface area contributed by atoms with Crippen LogP contribution in [0.3, 0.4) is 0 Å². The van der Waals surface area contributed by atoms with Gasteiger partial charge < -0.3 is 14.4 Å². The van der Waals surface area contributed by atoms with Gasteiger partial charge in [0.05, 0.1) is 13.2 Å². The first kappa shape index (κ1) is 17.8. The second kappa shape index (κ2) is 8.34. The van der Waals surface area contributed by atoms with Crippen molar-refractivity contribution in [2.24, 2.45) is 0 Å². The summed E-state index contributed by atoms with van der Waals surface area (Å²) >= 11 is 0. The molecule has 0 saturated heterocycles. The third kappa shape index (κ3) is 4.71. The van der Waals surface area contributed by atoms with Gasteiger partial charge in [-0.3, -0.25) is 4.79 Å². The number of rotatable bonds is 6. The predicted molar refractivity (Wildman–Crippen MR) is 91.8 cm³/mol. The molecule has 0 heterocycles. The molecule has 1 aliphatic rings. The lowest BCUT2D eigenvalue weighted by molar-refractivity contribution is -0.133. The lowest BCUT2D eigenvalue weighted by Crippen LogP contribution is -2.40. The summed E-state index contributed by atoms with van der Waals surface area (Å²) in [4.78, 5) is 14.5. The molecule has 1 atom stereocenters. The van der Waals surface area contributed by atoms with Gasteiger partial charge in [0.15, 0.2) is 0 Å². The van der Waals surface area contributed by atoms with Crippen LogP contribution in [0.25, 0.3) is 0 Å². The molecule has 4 heteroatoms. The summed E-state index contributed by atoms with van der Waals surface area (Å²) in [5, 5.41) is 0. The second-order valence-corrected chi connectivity index (χ2v) is 6.55. The number of hydrogen-bond acceptors (Lipinski definition) is 3. The Bertz CT molecular complexity index is 509. The summed E-state index contributed by atoms with van der Waals surface area (Å²) in [7, 11) is 5.38. The number of carbonyl (C=O) groups excluding carboxylic acids is 1. The average Bonchev–Trinajstić information content (AvgIpc) is 2.61. The Kier molecular flexibility index (Phi) is 6.46. The fourth-order valence-electron chi connectivity index (χ4n) is 3.34. The number of carbonyl (C=O) groups is 1. The minimum Gasteiger partial charge on any atom is -0.497 e. The summed E-state index contributed by atoms with van der Waals surface area (Å²) < 4.78 is 10.7. The lowest BCUT2D eigenvalue weighted by atomic mass is 9.91. The van der Waals surface area contributed by atoms with Crippen molar-refractivity contribution in [3.05, 3.63) is 29.8 Å². The van der Waals surface area contributed by atoms with Crippen molar-refractivity contribution in [1.29, 1.82) is 0 Å². The van der Waals surface area contributed by atoms with Crippen molar-refractivity contribution in [2.75, 3.05) is 21.3 Å². The zero-order chi connectivity index (χ0) is 16.8. The number of hydrogen-bond donors (Lipinski definition) is 0. The molecule has 0 unspecified atom stereocenters. The van der Waals surface area contributed by atoms with E-state index in [9.17, 15) is 4.79 Å². The van der Waals surface area contributed by atoms with Crippen LogP contribution in [0.2, 0.25) is 0 Å². The molecule has 0 N–H and O–H groups in total. The van der Waals surface area contributed by atoms with Gasteiger partial charge in [-0.15, -0.1) is 0 Å². The fraction of sp³-hybridized carbons (Fsp3) is 0.632. The first-order valence-corrected chi connectivity index (χ1v) is 8.47. The van der Waals surface area contributed by atoms with Crippen LogP contribution in [0.1, 0.15) is 50.5 Å². The van der Waals surface area contributed by atoms with Crippen molar-refractivity contribution in [3.63, 3.8) is 0 Å². The zero-order valence-electron chi connectivity index (χ0n) is 14.7. The summed E-state index contributed by atoms with van der Waals surface area (Å²) in [6.07, 6.45) is 5.07. The van der Waals surface area contributed by atoms with Gasteiger partial charge in [0.25, 0.3) is 0 Å². The highest BCUT2D eigenvalue weighted by atomic mass is 16.5. The van der Waals surface area contributed by atoms with Crippen molar-refractivity contribution < 1.29 is 14.3 Å². The van der Waals surface area contributed by atoms with Crippen LogP contribution in [-0.4, -0.2) is 44.2 Å². The van der Waals surface area contributed by atoms with Gasteiger partial charge in [-0.05, 0) is 49.3 Å². The Balaban J connectivity index is 1.90. The first-order chi connectivity index (χ1) is 11.0. The van der Waals surface area contributed by atoms with E-state index in [0.717, 1.165) is 37.0 Å². The second-order valence-electron chi connectivity index (χ2n) is 6.55. The Hall–Kier alpha value is -1.55. The molecule has 1 amide bonds. The highest BCUT2D eigenvalue weighted by Crippen LogP contribution is 2.27. The number of ether oxygens (including phenoxy) is 2. The molecular formula is C19H29NO3. The van der Waals surface area contributed by atoms with Crippen molar-refractivity contribution in [1.82, 2.24) is 4.90 Å². The van der Waals surface area contributed by atoms with Crippen molar-refractivity contribution in [2.45, 2.75) is 57.1 Å². The third-order valence-corrected chi connectivity index (χ3v) is 5.06. The largest absolute Gasteiger partial charge is 0.497 e.